The number of unbranched alkanes of at least 4 members (excludes halogenated alkanes) is 1. The number of ketones is 1. The number of carbonyl (C=O) groups is 2. The lowest BCUT2D eigenvalue weighted by atomic mass is 9.89. The molecular weight excluding hydrogens is 216 g/mol. The summed E-state index contributed by atoms with van der Waals surface area (Å²) in [5.74, 6) is 0.315. The van der Waals surface area contributed by atoms with Crippen LogP contribution in [0.3, 0.4) is 0 Å². The maximum Gasteiger partial charge on any atom is 0.305 e. The number of carbonyl (C=O) groups excluding carboxylic acids is 2. The molecule has 0 heterocycles. The number of ether oxygens (including phenoxy) is 1. The first kappa shape index (κ1) is 13.9. The molecule has 0 radical (unpaired) electrons. The lowest BCUT2D eigenvalue weighted by Gasteiger charge is -2.15. The van der Waals surface area contributed by atoms with E-state index in [0.717, 1.165) is 25.7 Å². The molecule has 1 aliphatic carbocycles. The van der Waals surface area contributed by atoms with Gasteiger partial charge in [-0.15, -0.1) is 0 Å². The van der Waals surface area contributed by atoms with Gasteiger partial charge in [-0.3, -0.25) is 9.59 Å². The Morgan fingerprint density at radius 3 is 2.88 bits per heavy atom. The van der Waals surface area contributed by atoms with Gasteiger partial charge in [-0.25, -0.2) is 0 Å². The van der Waals surface area contributed by atoms with Crippen molar-refractivity contribution < 1.29 is 14.3 Å². The van der Waals surface area contributed by atoms with E-state index in [4.69, 9.17) is 0 Å². The van der Waals surface area contributed by atoms with Crippen molar-refractivity contribution in [2.45, 2.75) is 45.4 Å². The van der Waals surface area contributed by atoms with Crippen LogP contribution in [0.4, 0.5) is 0 Å². The van der Waals surface area contributed by atoms with Gasteiger partial charge in [0.25, 0.3) is 0 Å². The molecule has 1 rings (SSSR count). The van der Waals surface area contributed by atoms with Gasteiger partial charge in [0, 0.05) is 18.8 Å². The fourth-order valence-corrected chi connectivity index (χ4v) is 2.37. The van der Waals surface area contributed by atoms with Crippen LogP contribution >= 0.6 is 0 Å². The third kappa shape index (κ3) is 4.33. The Morgan fingerprint density at radius 1 is 1.47 bits per heavy atom. The summed E-state index contributed by atoms with van der Waals surface area (Å²) >= 11 is 0. The van der Waals surface area contributed by atoms with E-state index in [1.165, 1.54) is 7.11 Å². The Kier molecular flexibility index (Phi) is 5.95. The summed E-state index contributed by atoms with van der Waals surface area (Å²) in [6.07, 6.45) is 9.01. The molecule has 0 bridgehead atoms. The Morgan fingerprint density at radius 2 is 2.24 bits per heavy atom. The van der Waals surface area contributed by atoms with Crippen molar-refractivity contribution in [3.63, 3.8) is 0 Å². The van der Waals surface area contributed by atoms with Crippen LogP contribution in [0.15, 0.2) is 12.2 Å². The predicted octanol–water partition coefficient (Wildman–Crippen LogP) is 2.89. The van der Waals surface area contributed by atoms with Crippen molar-refractivity contribution >= 4 is 11.8 Å². The normalized spacial score (nSPS) is 24.5. The van der Waals surface area contributed by atoms with E-state index in [2.05, 4.69) is 23.8 Å². The van der Waals surface area contributed by atoms with E-state index in [1.807, 2.05) is 0 Å². The SMILES string of the molecule is CCC/C=C/CC1C(=O)CCC1CC(=O)OC. The van der Waals surface area contributed by atoms with E-state index < -0.39 is 0 Å². The molecule has 0 aromatic carbocycles. The lowest BCUT2D eigenvalue weighted by molar-refractivity contribution is -0.142. The second-order valence-corrected chi connectivity index (χ2v) is 4.65. The summed E-state index contributed by atoms with van der Waals surface area (Å²) in [6.45, 7) is 2.13. The van der Waals surface area contributed by atoms with Crippen LogP contribution in [0, 0.1) is 11.8 Å². The second-order valence-electron chi connectivity index (χ2n) is 4.65. The Labute approximate surface area is 103 Å². The summed E-state index contributed by atoms with van der Waals surface area (Å²) in [7, 11) is 1.40. The zero-order valence-electron chi connectivity index (χ0n) is 10.8. The molecule has 0 saturated heterocycles. The van der Waals surface area contributed by atoms with Crippen LogP contribution in [0.5, 0.6) is 0 Å². The van der Waals surface area contributed by atoms with Crippen molar-refractivity contribution in [3.8, 4) is 0 Å². The zero-order valence-corrected chi connectivity index (χ0v) is 10.8. The van der Waals surface area contributed by atoms with Gasteiger partial charge < -0.3 is 4.74 Å². The average Bonchev–Trinajstić information content (AvgIpc) is 2.66. The average molecular weight is 238 g/mol. The van der Waals surface area contributed by atoms with Crippen molar-refractivity contribution in [1.29, 1.82) is 0 Å². The molecule has 0 aliphatic heterocycles. The topological polar surface area (TPSA) is 43.4 Å². The molecule has 96 valence electrons. The van der Waals surface area contributed by atoms with E-state index in [1.54, 1.807) is 0 Å². The van der Waals surface area contributed by atoms with Crippen LogP contribution < -0.4 is 0 Å². The van der Waals surface area contributed by atoms with Crippen LogP contribution in [-0.2, 0) is 14.3 Å². The molecule has 0 aromatic rings. The number of hydrogen-bond donors (Lipinski definition) is 0. The molecule has 2 atom stereocenters. The number of esters is 1. The maximum atomic E-state index is 11.7. The third-order valence-corrected chi connectivity index (χ3v) is 3.41. The summed E-state index contributed by atoms with van der Waals surface area (Å²) in [5, 5.41) is 0. The number of rotatable bonds is 6. The smallest absolute Gasteiger partial charge is 0.305 e. The van der Waals surface area contributed by atoms with E-state index >= 15 is 0 Å². The number of Topliss-reactive ketones (excluding diaryl/α,β-unsaturated/α-hetero) is 1. The molecule has 3 heteroatoms. The van der Waals surface area contributed by atoms with E-state index in [9.17, 15) is 9.59 Å². The summed E-state index contributed by atoms with van der Waals surface area (Å²) in [6, 6.07) is 0. The highest BCUT2D eigenvalue weighted by Crippen LogP contribution is 2.34. The highest BCUT2D eigenvalue weighted by Gasteiger charge is 2.34. The minimum Gasteiger partial charge on any atom is -0.469 e. The second kappa shape index (κ2) is 7.25. The predicted molar refractivity (Wildman–Crippen MR) is 66.5 cm³/mol. The van der Waals surface area contributed by atoms with Crippen molar-refractivity contribution in [1.82, 2.24) is 0 Å². The third-order valence-electron chi connectivity index (χ3n) is 3.41. The first-order valence-electron chi connectivity index (χ1n) is 6.43. The van der Waals surface area contributed by atoms with Crippen LogP contribution in [0.2, 0.25) is 0 Å². The van der Waals surface area contributed by atoms with Crippen molar-refractivity contribution in [3.05, 3.63) is 12.2 Å². The molecule has 0 amide bonds. The Balaban J connectivity index is 2.47. The largest absolute Gasteiger partial charge is 0.469 e. The van der Waals surface area contributed by atoms with Gasteiger partial charge in [0.05, 0.1) is 7.11 Å². The van der Waals surface area contributed by atoms with Crippen LogP contribution in [-0.4, -0.2) is 18.9 Å². The standard InChI is InChI=1S/C14H22O3/c1-3-4-5-6-7-12-11(8-9-13(12)15)10-14(16)17-2/h5-6,11-12H,3-4,7-10H2,1-2H3/b6-5+. The van der Waals surface area contributed by atoms with Crippen molar-refractivity contribution in [2.75, 3.05) is 7.11 Å². The van der Waals surface area contributed by atoms with Gasteiger partial charge in [0.2, 0.25) is 0 Å². The van der Waals surface area contributed by atoms with Gasteiger partial charge in [0.15, 0.2) is 0 Å². The molecule has 0 spiro atoms. The molecule has 2 unspecified atom stereocenters. The Bertz CT molecular complexity index is 294. The van der Waals surface area contributed by atoms with Crippen LogP contribution in [0.1, 0.15) is 45.4 Å². The maximum absolute atomic E-state index is 11.7. The molecule has 0 aromatic heterocycles. The highest BCUT2D eigenvalue weighted by molar-refractivity contribution is 5.84. The molecule has 3 nitrogen and oxygen atoms in total. The van der Waals surface area contributed by atoms with E-state index in [0.29, 0.717) is 18.6 Å². The van der Waals surface area contributed by atoms with Crippen LogP contribution in [0.25, 0.3) is 0 Å². The molecule has 1 aliphatic rings. The van der Waals surface area contributed by atoms with E-state index in [-0.39, 0.29) is 17.8 Å². The molecule has 17 heavy (non-hydrogen) atoms. The van der Waals surface area contributed by atoms with Gasteiger partial charge in [0.1, 0.15) is 5.78 Å². The van der Waals surface area contributed by atoms with Crippen molar-refractivity contribution in [2.24, 2.45) is 11.8 Å². The zero-order chi connectivity index (χ0) is 12.7. The van der Waals surface area contributed by atoms with Gasteiger partial charge in [-0.2, -0.15) is 0 Å². The molecular formula is C14H22O3. The highest BCUT2D eigenvalue weighted by atomic mass is 16.5. The molecule has 1 saturated carbocycles. The minimum absolute atomic E-state index is 0.0298. The minimum atomic E-state index is -0.202. The quantitative estimate of drug-likeness (QED) is 0.528. The number of hydrogen-bond acceptors (Lipinski definition) is 3. The Hall–Kier alpha value is -1.12. The summed E-state index contributed by atoms with van der Waals surface area (Å²) in [5.41, 5.74) is 0. The van der Waals surface area contributed by atoms with Gasteiger partial charge >= 0.3 is 5.97 Å². The summed E-state index contributed by atoms with van der Waals surface area (Å²) < 4.78 is 4.67. The molecule has 1 fully saturated rings. The fourth-order valence-electron chi connectivity index (χ4n) is 2.37. The lowest BCUT2D eigenvalue weighted by Crippen LogP contribution is -2.18. The summed E-state index contributed by atoms with van der Waals surface area (Å²) in [4.78, 5) is 23.0. The monoisotopic (exact) mass is 238 g/mol. The molecule has 0 N–H and O–H groups in total. The first-order chi connectivity index (χ1) is 8.19. The number of allylic oxidation sites excluding steroid dienone is 2. The first-order valence-corrected chi connectivity index (χ1v) is 6.43. The number of methoxy groups -OCH3 is 1. The fraction of sp³-hybridized carbons (Fsp3) is 0.714. The van der Waals surface area contributed by atoms with Gasteiger partial charge in [-0.05, 0) is 25.2 Å². The van der Waals surface area contributed by atoms with Gasteiger partial charge in [-0.1, -0.05) is 25.5 Å².